The Balaban J connectivity index is 2.55. The third-order valence-corrected chi connectivity index (χ3v) is 3.93. The van der Waals surface area contributed by atoms with Gasteiger partial charge in [-0.05, 0) is 54.4 Å². The zero-order valence-electron chi connectivity index (χ0n) is 11.7. The van der Waals surface area contributed by atoms with Crippen LogP contribution in [0, 0.1) is 18.6 Å². The van der Waals surface area contributed by atoms with E-state index in [1.165, 1.54) is 18.2 Å². The Morgan fingerprint density at radius 3 is 2.33 bits per heavy atom. The minimum absolute atomic E-state index is 0.305. The molecule has 2 aromatic carbocycles. The Bertz CT molecular complexity index is 659. The van der Waals surface area contributed by atoms with Gasteiger partial charge in [-0.2, -0.15) is 0 Å². The lowest BCUT2D eigenvalue weighted by molar-refractivity contribution is 0.603. The lowest BCUT2D eigenvalue weighted by atomic mass is 9.96. The van der Waals surface area contributed by atoms with Gasteiger partial charge in [-0.15, -0.1) is 0 Å². The van der Waals surface area contributed by atoms with E-state index in [9.17, 15) is 8.78 Å². The summed E-state index contributed by atoms with van der Waals surface area (Å²) in [4.78, 5) is 0. The molecule has 0 fully saturated rings. The highest BCUT2D eigenvalue weighted by Crippen LogP contribution is 2.34. The van der Waals surface area contributed by atoms with Crippen LogP contribution in [0.5, 0.6) is 0 Å². The summed E-state index contributed by atoms with van der Waals surface area (Å²) in [5.74, 6) is -0.760. The molecular weight excluding hydrogens is 315 g/mol. The van der Waals surface area contributed by atoms with Crippen LogP contribution in [-0.4, -0.2) is 6.54 Å². The molecule has 0 bridgehead atoms. The summed E-state index contributed by atoms with van der Waals surface area (Å²) in [6, 6.07) is 6.86. The summed E-state index contributed by atoms with van der Waals surface area (Å²) in [6.45, 7) is 4.27. The molecule has 2 rings (SSSR count). The van der Waals surface area contributed by atoms with Crippen LogP contribution in [0.3, 0.4) is 0 Å². The van der Waals surface area contributed by atoms with Crippen molar-refractivity contribution in [2.24, 2.45) is 0 Å². The number of hydrogen-bond acceptors (Lipinski definition) is 1. The average molecular weight is 330 g/mol. The molecular formula is C16H15Cl2F2N. The third-order valence-electron chi connectivity index (χ3n) is 3.27. The number of rotatable bonds is 4. The minimum atomic E-state index is -0.402. The molecule has 5 heteroatoms. The molecule has 112 valence electrons. The molecule has 1 nitrogen and oxygen atoms in total. The normalized spacial score (nSPS) is 12.5. The predicted octanol–water partition coefficient (Wildman–Crippen LogP) is 5.28. The van der Waals surface area contributed by atoms with Gasteiger partial charge < -0.3 is 5.32 Å². The van der Waals surface area contributed by atoms with Crippen molar-refractivity contribution in [3.8, 4) is 0 Å². The van der Waals surface area contributed by atoms with Gasteiger partial charge in [0.1, 0.15) is 11.6 Å². The van der Waals surface area contributed by atoms with Gasteiger partial charge >= 0.3 is 0 Å². The Hall–Kier alpha value is -1.16. The van der Waals surface area contributed by atoms with Crippen LogP contribution in [0.15, 0.2) is 30.3 Å². The van der Waals surface area contributed by atoms with Crippen LogP contribution in [0.25, 0.3) is 0 Å². The van der Waals surface area contributed by atoms with Crippen LogP contribution in [0.1, 0.15) is 29.7 Å². The smallest absolute Gasteiger partial charge is 0.127 e. The van der Waals surface area contributed by atoms with E-state index < -0.39 is 5.82 Å². The standard InChI is InChI=1S/C16H15Cl2F2N/c1-3-21-16(11-5-4-10(19)7-13(11)17)12-6-9(2)15(20)8-14(12)18/h4-8,16,21H,3H2,1-2H3. The molecule has 0 amide bonds. The van der Waals surface area contributed by atoms with Gasteiger partial charge in [-0.1, -0.05) is 36.2 Å². The fourth-order valence-electron chi connectivity index (χ4n) is 2.23. The second kappa shape index (κ2) is 6.73. The summed E-state index contributed by atoms with van der Waals surface area (Å²) >= 11 is 12.3. The molecule has 0 radical (unpaired) electrons. The molecule has 0 heterocycles. The Morgan fingerprint density at radius 2 is 1.71 bits per heavy atom. The lowest BCUT2D eigenvalue weighted by Crippen LogP contribution is -2.23. The summed E-state index contributed by atoms with van der Waals surface area (Å²) in [5.41, 5.74) is 1.91. The number of halogens is 4. The summed E-state index contributed by atoms with van der Waals surface area (Å²) in [7, 11) is 0. The summed E-state index contributed by atoms with van der Waals surface area (Å²) in [6.07, 6.45) is 0. The van der Waals surface area contributed by atoms with Gasteiger partial charge in [0, 0.05) is 10.0 Å². The number of hydrogen-bond donors (Lipinski definition) is 1. The van der Waals surface area contributed by atoms with Crippen LogP contribution in [0.4, 0.5) is 8.78 Å². The highest BCUT2D eigenvalue weighted by Gasteiger charge is 2.20. The molecule has 1 N–H and O–H groups in total. The maximum absolute atomic E-state index is 13.6. The van der Waals surface area contributed by atoms with Gasteiger partial charge in [0.05, 0.1) is 6.04 Å². The predicted molar refractivity (Wildman–Crippen MR) is 83.1 cm³/mol. The molecule has 0 saturated carbocycles. The van der Waals surface area contributed by atoms with Gasteiger partial charge in [0.25, 0.3) is 0 Å². The van der Waals surface area contributed by atoms with E-state index in [0.29, 0.717) is 33.3 Å². The zero-order chi connectivity index (χ0) is 15.6. The second-order valence-corrected chi connectivity index (χ2v) is 5.59. The van der Waals surface area contributed by atoms with E-state index in [-0.39, 0.29) is 11.9 Å². The van der Waals surface area contributed by atoms with Crippen molar-refractivity contribution in [2.75, 3.05) is 6.54 Å². The monoisotopic (exact) mass is 329 g/mol. The van der Waals surface area contributed by atoms with E-state index in [2.05, 4.69) is 5.32 Å². The topological polar surface area (TPSA) is 12.0 Å². The Kier molecular flexibility index (Phi) is 5.20. The molecule has 0 aromatic heterocycles. The van der Waals surface area contributed by atoms with Crippen LogP contribution >= 0.6 is 23.2 Å². The molecule has 1 unspecified atom stereocenters. The molecule has 0 aliphatic rings. The number of benzene rings is 2. The van der Waals surface area contributed by atoms with Crippen molar-refractivity contribution in [3.63, 3.8) is 0 Å². The summed E-state index contributed by atoms with van der Waals surface area (Å²) in [5, 5.41) is 3.86. The van der Waals surface area contributed by atoms with Crippen LogP contribution in [0.2, 0.25) is 10.0 Å². The van der Waals surface area contributed by atoms with Crippen molar-refractivity contribution >= 4 is 23.2 Å². The van der Waals surface area contributed by atoms with E-state index in [1.807, 2.05) is 6.92 Å². The number of aryl methyl sites for hydroxylation is 1. The largest absolute Gasteiger partial charge is 0.306 e. The molecule has 1 atom stereocenters. The van der Waals surface area contributed by atoms with Crippen LogP contribution < -0.4 is 5.32 Å². The molecule has 0 saturated heterocycles. The molecule has 0 aliphatic heterocycles. The number of nitrogens with one attached hydrogen (secondary N) is 1. The third kappa shape index (κ3) is 3.54. The van der Waals surface area contributed by atoms with E-state index >= 15 is 0 Å². The average Bonchev–Trinajstić information content (AvgIpc) is 2.41. The van der Waals surface area contributed by atoms with Crippen molar-refractivity contribution in [1.29, 1.82) is 0 Å². The Labute approximate surface area is 132 Å². The minimum Gasteiger partial charge on any atom is -0.306 e. The van der Waals surface area contributed by atoms with E-state index in [0.717, 1.165) is 0 Å². The van der Waals surface area contributed by atoms with Gasteiger partial charge in [-0.3, -0.25) is 0 Å². The first kappa shape index (κ1) is 16.2. The zero-order valence-corrected chi connectivity index (χ0v) is 13.2. The maximum atomic E-state index is 13.6. The van der Waals surface area contributed by atoms with Crippen molar-refractivity contribution in [1.82, 2.24) is 5.32 Å². The lowest BCUT2D eigenvalue weighted by Gasteiger charge is -2.22. The molecule has 2 aromatic rings. The first-order chi connectivity index (χ1) is 9.93. The highest BCUT2D eigenvalue weighted by atomic mass is 35.5. The fourth-order valence-corrected chi connectivity index (χ4v) is 2.76. The summed E-state index contributed by atoms with van der Waals surface area (Å²) < 4.78 is 26.8. The van der Waals surface area contributed by atoms with Gasteiger partial charge in [0.15, 0.2) is 0 Å². The van der Waals surface area contributed by atoms with E-state index in [1.54, 1.807) is 19.1 Å². The molecule has 0 spiro atoms. The maximum Gasteiger partial charge on any atom is 0.127 e. The Morgan fingerprint density at radius 1 is 1.05 bits per heavy atom. The van der Waals surface area contributed by atoms with Crippen LogP contribution in [-0.2, 0) is 0 Å². The van der Waals surface area contributed by atoms with E-state index in [4.69, 9.17) is 23.2 Å². The second-order valence-electron chi connectivity index (χ2n) is 4.78. The first-order valence-electron chi connectivity index (χ1n) is 6.58. The first-order valence-corrected chi connectivity index (χ1v) is 7.33. The van der Waals surface area contributed by atoms with Gasteiger partial charge in [-0.25, -0.2) is 8.78 Å². The van der Waals surface area contributed by atoms with Crippen molar-refractivity contribution < 1.29 is 8.78 Å². The highest BCUT2D eigenvalue weighted by molar-refractivity contribution is 6.32. The molecule has 21 heavy (non-hydrogen) atoms. The SMILES string of the molecule is CCNC(c1ccc(F)cc1Cl)c1cc(C)c(F)cc1Cl. The fraction of sp³-hybridized carbons (Fsp3) is 0.250. The van der Waals surface area contributed by atoms with Crippen molar-refractivity contribution in [2.45, 2.75) is 19.9 Å². The van der Waals surface area contributed by atoms with Gasteiger partial charge in [0.2, 0.25) is 0 Å². The van der Waals surface area contributed by atoms with Crippen molar-refractivity contribution in [3.05, 3.63) is 68.7 Å². The molecule has 0 aliphatic carbocycles. The quantitative estimate of drug-likeness (QED) is 0.804.